The molecule has 0 aliphatic heterocycles. The molecule has 0 saturated carbocycles. The van der Waals surface area contributed by atoms with E-state index in [0.29, 0.717) is 5.56 Å². The van der Waals surface area contributed by atoms with Gasteiger partial charge in [-0.05, 0) is 48.6 Å². The fraction of sp³-hybridized carbons (Fsp3) is 0.158. The van der Waals surface area contributed by atoms with Crippen LogP contribution in [0.25, 0.3) is 21.6 Å². The van der Waals surface area contributed by atoms with Gasteiger partial charge in [-0.3, -0.25) is 0 Å². The molecule has 0 aliphatic carbocycles. The fourth-order valence-corrected chi connectivity index (χ4v) is 3.79. The SMILES string of the molecule is COc1ccc(-c2c(C)nc(N)c(C#N)c2-c2sccc2C)cc1. The van der Waals surface area contributed by atoms with Crippen LogP contribution < -0.4 is 10.5 Å². The number of pyridine rings is 1. The van der Waals surface area contributed by atoms with Gasteiger partial charge in [0.1, 0.15) is 23.2 Å². The minimum Gasteiger partial charge on any atom is -0.497 e. The zero-order chi connectivity index (χ0) is 17.3. The maximum atomic E-state index is 9.65. The smallest absolute Gasteiger partial charge is 0.142 e. The minimum atomic E-state index is 0.273. The molecular weight excluding hydrogens is 318 g/mol. The zero-order valence-corrected chi connectivity index (χ0v) is 14.6. The van der Waals surface area contributed by atoms with E-state index in [1.165, 1.54) is 0 Å². The molecule has 0 atom stereocenters. The summed E-state index contributed by atoms with van der Waals surface area (Å²) in [5.74, 6) is 1.06. The van der Waals surface area contributed by atoms with Crippen molar-refractivity contribution in [2.75, 3.05) is 12.8 Å². The number of aromatic nitrogens is 1. The molecule has 0 amide bonds. The van der Waals surface area contributed by atoms with E-state index >= 15 is 0 Å². The molecule has 0 radical (unpaired) electrons. The topological polar surface area (TPSA) is 71.9 Å². The van der Waals surface area contributed by atoms with Crippen LogP contribution in [0.2, 0.25) is 0 Å². The lowest BCUT2D eigenvalue weighted by Gasteiger charge is -2.16. The molecule has 5 heteroatoms. The number of nitrogens with two attached hydrogens (primary N) is 1. The molecule has 1 aromatic carbocycles. The van der Waals surface area contributed by atoms with Crippen LogP contribution in [0.15, 0.2) is 35.7 Å². The number of nitriles is 1. The standard InChI is InChI=1S/C19H17N3OS/c1-11-8-9-24-18(11)17-15(10-20)19(21)22-12(2)16(17)13-4-6-14(23-3)7-5-13/h4-9H,1-3H3,(H2,21,22). The Bertz CT molecular complexity index is 936. The highest BCUT2D eigenvalue weighted by Crippen LogP contribution is 2.42. The average Bonchev–Trinajstić information content (AvgIpc) is 3.00. The summed E-state index contributed by atoms with van der Waals surface area (Å²) in [6.45, 7) is 3.96. The Hall–Kier alpha value is -2.84. The highest BCUT2D eigenvalue weighted by molar-refractivity contribution is 7.13. The normalized spacial score (nSPS) is 10.4. The Morgan fingerprint density at radius 3 is 2.38 bits per heavy atom. The molecular formula is C19H17N3OS. The van der Waals surface area contributed by atoms with Crippen LogP contribution in [0.1, 0.15) is 16.8 Å². The predicted octanol–water partition coefficient (Wildman–Crippen LogP) is 4.56. The van der Waals surface area contributed by atoms with E-state index in [4.69, 9.17) is 10.5 Å². The molecule has 2 aromatic heterocycles. The van der Waals surface area contributed by atoms with E-state index in [1.54, 1.807) is 18.4 Å². The van der Waals surface area contributed by atoms with Crippen molar-refractivity contribution in [3.63, 3.8) is 0 Å². The van der Waals surface area contributed by atoms with Crippen molar-refractivity contribution in [2.45, 2.75) is 13.8 Å². The molecule has 2 N–H and O–H groups in total. The van der Waals surface area contributed by atoms with Crippen LogP contribution in [-0.4, -0.2) is 12.1 Å². The largest absolute Gasteiger partial charge is 0.497 e. The number of hydrogen-bond acceptors (Lipinski definition) is 5. The summed E-state index contributed by atoms with van der Waals surface area (Å²) in [6, 6.07) is 12.0. The molecule has 2 heterocycles. The number of nitrogen functional groups attached to an aromatic ring is 1. The predicted molar refractivity (Wildman–Crippen MR) is 98.1 cm³/mol. The van der Waals surface area contributed by atoms with E-state index in [-0.39, 0.29) is 5.82 Å². The van der Waals surface area contributed by atoms with Crippen molar-refractivity contribution in [1.29, 1.82) is 5.26 Å². The van der Waals surface area contributed by atoms with Gasteiger partial charge in [0.25, 0.3) is 0 Å². The van der Waals surface area contributed by atoms with Gasteiger partial charge in [0.2, 0.25) is 0 Å². The summed E-state index contributed by atoms with van der Waals surface area (Å²) in [7, 11) is 1.64. The van der Waals surface area contributed by atoms with Gasteiger partial charge in [0, 0.05) is 21.7 Å². The summed E-state index contributed by atoms with van der Waals surface area (Å²) in [5, 5.41) is 11.7. The highest BCUT2D eigenvalue weighted by Gasteiger charge is 2.21. The first-order chi connectivity index (χ1) is 11.6. The first-order valence-electron chi connectivity index (χ1n) is 7.46. The Labute approximate surface area is 145 Å². The Kier molecular flexibility index (Phi) is 4.24. The van der Waals surface area contributed by atoms with Crippen LogP contribution in [-0.2, 0) is 0 Å². The number of rotatable bonds is 3. The van der Waals surface area contributed by atoms with E-state index in [1.807, 2.05) is 49.6 Å². The van der Waals surface area contributed by atoms with Gasteiger partial charge in [-0.1, -0.05) is 12.1 Å². The molecule has 0 saturated heterocycles. The van der Waals surface area contributed by atoms with Gasteiger partial charge in [0.15, 0.2) is 0 Å². The number of ether oxygens (including phenoxy) is 1. The van der Waals surface area contributed by atoms with Crippen LogP contribution in [0.3, 0.4) is 0 Å². The monoisotopic (exact) mass is 335 g/mol. The molecule has 0 spiro atoms. The van der Waals surface area contributed by atoms with Gasteiger partial charge < -0.3 is 10.5 Å². The molecule has 24 heavy (non-hydrogen) atoms. The molecule has 0 aliphatic rings. The van der Waals surface area contributed by atoms with Crippen molar-refractivity contribution in [3.8, 4) is 33.4 Å². The molecule has 0 fully saturated rings. The van der Waals surface area contributed by atoms with Gasteiger partial charge in [-0.15, -0.1) is 11.3 Å². The van der Waals surface area contributed by atoms with Crippen LogP contribution in [0.4, 0.5) is 5.82 Å². The molecule has 0 unspecified atom stereocenters. The van der Waals surface area contributed by atoms with E-state index in [2.05, 4.69) is 11.1 Å². The van der Waals surface area contributed by atoms with Crippen molar-refractivity contribution < 1.29 is 4.74 Å². The fourth-order valence-electron chi connectivity index (χ4n) is 2.81. The van der Waals surface area contributed by atoms with Crippen LogP contribution in [0.5, 0.6) is 5.75 Å². The van der Waals surface area contributed by atoms with Crippen LogP contribution >= 0.6 is 11.3 Å². The number of methoxy groups -OCH3 is 1. The molecule has 3 rings (SSSR count). The number of benzene rings is 1. The number of anilines is 1. The first-order valence-corrected chi connectivity index (χ1v) is 8.33. The van der Waals surface area contributed by atoms with E-state index < -0.39 is 0 Å². The number of thiophene rings is 1. The second-order valence-electron chi connectivity index (χ2n) is 5.48. The van der Waals surface area contributed by atoms with Gasteiger partial charge in [-0.25, -0.2) is 4.98 Å². The Balaban J connectivity index is 2.36. The third-order valence-corrected chi connectivity index (χ3v) is 5.02. The molecule has 4 nitrogen and oxygen atoms in total. The maximum absolute atomic E-state index is 9.65. The lowest BCUT2D eigenvalue weighted by atomic mass is 9.92. The molecule has 3 aromatic rings. The summed E-state index contributed by atoms with van der Waals surface area (Å²) < 4.78 is 5.23. The summed E-state index contributed by atoms with van der Waals surface area (Å²) in [5.41, 5.74) is 11.2. The first kappa shape index (κ1) is 16.0. The Morgan fingerprint density at radius 2 is 1.83 bits per heavy atom. The summed E-state index contributed by atoms with van der Waals surface area (Å²) >= 11 is 1.61. The Morgan fingerprint density at radius 1 is 1.12 bits per heavy atom. The average molecular weight is 335 g/mol. The highest BCUT2D eigenvalue weighted by atomic mass is 32.1. The van der Waals surface area contributed by atoms with E-state index in [9.17, 15) is 5.26 Å². The third-order valence-electron chi connectivity index (χ3n) is 3.99. The summed E-state index contributed by atoms with van der Waals surface area (Å²) in [4.78, 5) is 5.44. The van der Waals surface area contributed by atoms with Crippen LogP contribution in [0, 0.1) is 25.2 Å². The number of aryl methyl sites for hydroxylation is 2. The summed E-state index contributed by atoms with van der Waals surface area (Å²) in [6.07, 6.45) is 0. The molecule has 0 bridgehead atoms. The number of hydrogen-bond donors (Lipinski definition) is 1. The third kappa shape index (κ3) is 2.61. The second-order valence-corrected chi connectivity index (χ2v) is 6.40. The lowest BCUT2D eigenvalue weighted by molar-refractivity contribution is 0.415. The van der Waals surface area contributed by atoms with Gasteiger partial charge in [-0.2, -0.15) is 5.26 Å². The van der Waals surface area contributed by atoms with Crippen molar-refractivity contribution >= 4 is 17.2 Å². The minimum absolute atomic E-state index is 0.273. The zero-order valence-electron chi connectivity index (χ0n) is 13.8. The molecule has 120 valence electrons. The van der Waals surface area contributed by atoms with Crippen molar-refractivity contribution in [1.82, 2.24) is 4.98 Å². The van der Waals surface area contributed by atoms with Gasteiger partial charge in [0.05, 0.1) is 7.11 Å². The maximum Gasteiger partial charge on any atom is 0.142 e. The van der Waals surface area contributed by atoms with Gasteiger partial charge >= 0.3 is 0 Å². The van der Waals surface area contributed by atoms with Crippen molar-refractivity contribution in [3.05, 3.63) is 52.5 Å². The quantitative estimate of drug-likeness (QED) is 0.762. The van der Waals surface area contributed by atoms with E-state index in [0.717, 1.165) is 38.6 Å². The van der Waals surface area contributed by atoms with Crippen molar-refractivity contribution in [2.24, 2.45) is 0 Å². The second kappa shape index (κ2) is 6.34. The number of nitrogens with zero attached hydrogens (tertiary/aromatic N) is 2. The lowest BCUT2D eigenvalue weighted by Crippen LogP contribution is -2.03.